The molecule has 114 valence electrons. The molecule has 0 unspecified atom stereocenters. The van der Waals surface area contributed by atoms with E-state index in [-0.39, 0.29) is 28.4 Å². The number of fused-ring (bicyclic) bond motifs is 2. The van der Waals surface area contributed by atoms with Crippen LogP contribution in [0.4, 0.5) is 10.1 Å². The van der Waals surface area contributed by atoms with E-state index in [9.17, 15) is 14.5 Å². The number of hydrogen-bond donors (Lipinski definition) is 0. The third kappa shape index (κ3) is 1.93. The third-order valence-electron chi connectivity index (χ3n) is 6.11. The molecule has 0 aliphatic heterocycles. The number of hydrogen-bond acceptors (Lipinski definition) is 3. The number of non-ortho nitro benzene ring substituents is 1. The number of nitro groups is 1. The van der Waals surface area contributed by atoms with E-state index in [1.54, 1.807) is 0 Å². The van der Waals surface area contributed by atoms with E-state index in [1.807, 2.05) is 0 Å². The zero-order valence-electron chi connectivity index (χ0n) is 12.6. The molecule has 21 heavy (non-hydrogen) atoms. The lowest BCUT2D eigenvalue weighted by Crippen LogP contribution is -2.39. The molecule has 3 rings (SSSR count). The fourth-order valence-electron chi connectivity index (χ4n) is 4.16. The summed E-state index contributed by atoms with van der Waals surface area (Å²) in [5.41, 5.74) is -0.0276. The fourth-order valence-corrected chi connectivity index (χ4v) is 4.16. The van der Waals surface area contributed by atoms with E-state index in [1.165, 1.54) is 18.6 Å². The van der Waals surface area contributed by atoms with Crippen molar-refractivity contribution in [2.75, 3.05) is 0 Å². The molecule has 1 aromatic rings. The van der Waals surface area contributed by atoms with Gasteiger partial charge in [0, 0.05) is 11.5 Å². The molecule has 1 aromatic carbocycles. The lowest BCUT2D eigenvalue weighted by atomic mass is 9.70. The molecule has 2 fully saturated rings. The average molecular weight is 293 g/mol. The van der Waals surface area contributed by atoms with E-state index >= 15 is 0 Å². The quantitative estimate of drug-likeness (QED) is 0.615. The van der Waals surface area contributed by atoms with Gasteiger partial charge < -0.3 is 4.74 Å². The van der Waals surface area contributed by atoms with Gasteiger partial charge in [-0.25, -0.2) is 4.39 Å². The standard InChI is InChI=1S/C16H20FNO3/c1-15(2)10-6-7-16(15,3)14(8-10)21-13-5-4-11(18(19)20)9-12(13)17/h4-5,9-10,14H,6-8H2,1-3H3/t10-,14-,16+/m1/s1. The van der Waals surface area contributed by atoms with E-state index < -0.39 is 10.7 Å². The second-order valence-electron chi connectivity index (χ2n) is 7.09. The molecule has 0 amide bonds. The summed E-state index contributed by atoms with van der Waals surface area (Å²) in [4.78, 5) is 10.0. The van der Waals surface area contributed by atoms with Crippen LogP contribution in [0.2, 0.25) is 0 Å². The van der Waals surface area contributed by atoms with Crippen molar-refractivity contribution in [3.63, 3.8) is 0 Å². The van der Waals surface area contributed by atoms with Gasteiger partial charge in [0.15, 0.2) is 11.6 Å². The second-order valence-corrected chi connectivity index (χ2v) is 7.09. The summed E-state index contributed by atoms with van der Waals surface area (Å²) >= 11 is 0. The number of benzene rings is 1. The molecule has 2 saturated carbocycles. The topological polar surface area (TPSA) is 52.4 Å². The smallest absolute Gasteiger partial charge is 0.272 e. The maximum Gasteiger partial charge on any atom is 0.272 e. The van der Waals surface area contributed by atoms with Crippen molar-refractivity contribution in [3.8, 4) is 5.75 Å². The summed E-state index contributed by atoms with van der Waals surface area (Å²) in [6.07, 6.45) is 3.19. The van der Waals surface area contributed by atoms with Crippen molar-refractivity contribution in [3.05, 3.63) is 34.1 Å². The highest BCUT2D eigenvalue weighted by atomic mass is 19.1. The highest BCUT2D eigenvalue weighted by Gasteiger charge is 2.62. The minimum atomic E-state index is -0.659. The minimum absolute atomic E-state index is 0.0257. The summed E-state index contributed by atoms with van der Waals surface area (Å²) in [6, 6.07) is 3.59. The Kier molecular flexibility index (Phi) is 3.01. The zero-order chi connectivity index (χ0) is 15.4. The Labute approximate surface area is 123 Å². The number of ether oxygens (including phenoxy) is 1. The van der Waals surface area contributed by atoms with Gasteiger partial charge in [0.05, 0.1) is 11.0 Å². The zero-order valence-corrected chi connectivity index (χ0v) is 12.6. The largest absolute Gasteiger partial charge is 0.487 e. The van der Waals surface area contributed by atoms with Crippen molar-refractivity contribution in [1.82, 2.24) is 0 Å². The van der Waals surface area contributed by atoms with Gasteiger partial charge in [-0.3, -0.25) is 10.1 Å². The van der Waals surface area contributed by atoms with Gasteiger partial charge in [-0.05, 0) is 36.7 Å². The van der Waals surface area contributed by atoms with Crippen molar-refractivity contribution in [2.24, 2.45) is 16.7 Å². The summed E-state index contributed by atoms with van der Waals surface area (Å²) in [5.74, 6) is 0.0668. The summed E-state index contributed by atoms with van der Waals surface area (Å²) in [5, 5.41) is 10.6. The molecule has 0 saturated heterocycles. The molecule has 2 bridgehead atoms. The SMILES string of the molecule is CC1(C)[C@@H]2CC[C@@]1(C)[C@H](Oc1ccc([N+](=O)[O-])cc1F)C2. The van der Waals surface area contributed by atoms with Crippen LogP contribution >= 0.6 is 0 Å². The van der Waals surface area contributed by atoms with Gasteiger partial charge >= 0.3 is 0 Å². The first-order valence-electron chi connectivity index (χ1n) is 7.36. The fraction of sp³-hybridized carbons (Fsp3) is 0.625. The van der Waals surface area contributed by atoms with E-state index in [0.717, 1.165) is 18.9 Å². The molecule has 0 radical (unpaired) electrons. The molecule has 5 heteroatoms. The predicted octanol–water partition coefficient (Wildman–Crippen LogP) is 4.33. The van der Waals surface area contributed by atoms with Crippen molar-refractivity contribution in [2.45, 2.75) is 46.1 Å². The molecule has 2 aliphatic carbocycles. The maximum absolute atomic E-state index is 14.0. The van der Waals surface area contributed by atoms with Crippen molar-refractivity contribution < 1.29 is 14.1 Å². The number of halogens is 1. The lowest BCUT2D eigenvalue weighted by molar-refractivity contribution is -0.385. The van der Waals surface area contributed by atoms with Crippen LogP contribution < -0.4 is 4.74 Å². The predicted molar refractivity (Wildman–Crippen MR) is 76.7 cm³/mol. The van der Waals surface area contributed by atoms with Crippen LogP contribution in [0.1, 0.15) is 40.0 Å². The summed E-state index contributed by atoms with van der Waals surface area (Å²) < 4.78 is 19.9. The Balaban J connectivity index is 1.84. The molecular formula is C16H20FNO3. The third-order valence-corrected chi connectivity index (χ3v) is 6.11. The Hall–Kier alpha value is -1.65. The van der Waals surface area contributed by atoms with E-state index in [0.29, 0.717) is 5.92 Å². The van der Waals surface area contributed by atoms with Gasteiger partial charge in [0.25, 0.3) is 5.69 Å². The lowest BCUT2D eigenvalue weighted by Gasteiger charge is -2.38. The normalized spacial score (nSPS) is 33.1. The van der Waals surface area contributed by atoms with E-state index in [2.05, 4.69) is 20.8 Å². The van der Waals surface area contributed by atoms with Gasteiger partial charge in [-0.2, -0.15) is 0 Å². The Morgan fingerprint density at radius 2 is 2.10 bits per heavy atom. The van der Waals surface area contributed by atoms with Crippen LogP contribution in [0, 0.1) is 32.7 Å². The first-order valence-corrected chi connectivity index (χ1v) is 7.36. The second kappa shape index (κ2) is 4.42. The van der Waals surface area contributed by atoms with Crippen LogP contribution in [0.25, 0.3) is 0 Å². The Morgan fingerprint density at radius 1 is 1.38 bits per heavy atom. The number of rotatable bonds is 3. The number of nitrogens with zero attached hydrogens (tertiary/aromatic N) is 1. The maximum atomic E-state index is 14.0. The molecule has 3 atom stereocenters. The van der Waals surface area contributed by atoms with Crippen LogP contribution in [-0.2, 0) is 0 Å². The van der Waals surface area contributed by atoms with E-state index in [4.69, 9.17) is 4.74 Å². The van der Waals surface area contributed by atoms with Gasteiger partial charge in [-0.1, -0.05) is 20.8 Å². The first-order chi connectivity index (χ1) is 9.75. The Morgan fingerprint density at radius 3 is 2.57 bits per heavy atom. The van der Waals surface area contributed by atoms with Crippen LogP contribution in [0.5, 0.6) is 5.75 Å². The molecule has 0 aromatic heterocycles. The Bertz CT molecular complexity index is 601. The monoisotopic (exact) mass is 293 g/mol. The highest BCUT2D eigenvalue weighted by Crippen LogP contribution is 2.66. The molecular weight excluding hydrogens is 273 g/mol. The van der Waals surface area contributed by atoms with Gasteiger partial charge in [0.1, 0.15) is 6.10 Å². The molecule has 2 aliphatic rings. The van der Waals surface area contributed by atoms with Crippen molar-refractivity contribution >= 4 is 5.69 Å². The van der Waals surface area contributed by atoms with Crippen LogP contribution in [0.15, 0.2) is 18.2 Å². The summed E-state index contributed by atoms with van der Waals surface area (Å²) in [7, 11) is 0. The van der Waals surface area contributed by atoms with Gasteiger partial charge in [0.2, 0.25) is 0 Å². The number of nitro benzene ring substituents is 1. The molecule has 0 heterocycles. The minimum Gasteiger partial charge on any atom is -0.487 e. The summed E-state index contributed by atoms with van der Waals surface area (Å²) in [6.45, 7) is 6.74. The van der Waals surface area contributed by atoms with Crippen LogP contribution in [-0.4, -0.2) is 11.0 Å². The molecule has 0 N–H and O–H groups in total. The first kappa shape index (κ1) is 14.3. The highest BCUT2D eigenvalue weighted by molar-refractivity contribution is 5.38. The van der Waals surface area contributed by atoms with Crippen molar-refractivity contribution in [1.29, 1.82) is 0 Å². The van der Waals surface area contributed by atoms with Crippen LogP contribution in [0.3, 0.4) is 0 Å². The average Bonchev–Trinajstić information content (AvgIpc) is 2.74. The van der Waals surface area contributed by atoms with Gasteiger partial charge in [-0.15, -0.1) is 0 Å². The molecule has 0 spiro atoms. The molecule has 4 nitrogen and oxygen atoms in total.